The zero-order chi connectivity index (χ0) is 15.0. The van der Waals surface area contributed by atoms with Crippen molar-refractivity contribution in [3.8, 4) is 0 Å². The number of amides is 1. The van der Waals surface area contributed by atoms with Crippen molar-refractivity contribution in [3.63, 3.8) is 0 Å². The van der Waals surface area contributed by atoms with Crippen molar-refractivity contribution in [2.24, 2.45) is 5.92 Å². The molecule has 116 valence electrons. The lowest BCUT2D eigenvalue weighted by molar-refractivity contribution is 0.00758. The summed E-state index contributed by atoms with van der Waals surface area (Å²) in [6, 6.07) is 0. The molecule has 0 unspecified atom stereocenters. The van der Waals surface area contributed by atoms with Gasteiger partial charge in [-0.1, -0.05) is 12.8 Å². The van der Waals surface area contributed by atoms with Crippen molar-refractivity contribution < 1.29 is 9.53 Å². The number of aromatic nitrogens is 2. The molecule has 0 spiro atoms. The minimum absolute atomic E-state index is 0.206. The summed E-state index contributed by atoms with van der Waals surface area (Å²) in [5, 5.41) is 0. The number of ether oxygens (including phenoxy) is 1. The molecule has 0 N–H and O–H groups in total. The molecule has 1 aliphatic carbocycles. The van der Waals surface area contributed by atoms with Crippen molar-refractivity contribution in [1.82, 2.24) is 14.5 Å². The van der Waals surface area contributed by atoms with E-state index < -0.39 is 5.60 Å². The number of hydrogen-bond donors (Lipinski definition) is 0. The van der Waals surface area contributed by atoms with Gasteiger partial charge in [-0.15, -0.1) is 0 Å². The van der Waals surface area contributed by atoms with Gasteiger partial charge in [0.1, 0.15) is 5.60 Å². The highest BCUT2D eigenvalue weighted by molar-refractivity contribution is 5.69. The molecule has 1 saturated heterocycles. The third-order valence-corrected chi connectivity index (χ3v) is 4.17. The molecule has 0 atom stereocenters. The van der Waals surface area contributed by atoms with Gasteiger partial charge >= 0.3 is 6.09 Å². The molecule has 2 fully saturated rings. The number of imidazole rings is 1. The van der Waals surface area contributed by atoms with Crippen LogP contribution < -0.4 is 0 Å². The summed E-state index contributed by atoms with van der Waals surface area (Å²) in [7, 11) is 0. The zero-order valence-electron chi connectivity index (χ0n) is 13.2. The van der Waals surface area contributed by atoms with Crippen LogP contribution >= 0.6 is 0 Å². The monoisotopic (exact) mass is 291 g/mol. The third-order valence-electron chi connectivity index (χ3n) is 4.17. The lowest BCUT2D eigenvalue weighted by Crippen LogP contribution is -2.50. The number of hydrogen-bond acceptors (Lipinski definition) is 3. The Balaban J connectivity index is 1.51. The summed E-state index contributed by atoms with van der Waals surface area (Å²) in [5.41, 5.74) is 0.837. The van der Waals surface area contributed by atoms with E-state index in [9.17, 15) is 4.79 Å². The Morgan fingerprint density at radius 1 is 1.38 bits per heavy atom. The predicted molar refractivity (Wildman–Crippen MR) is 80.1 cm³/mol. The molecule has 5 heteroatoms. The highest BCUT2D eigenvalue weighted by Gasteiger charge is 2.36. The van der Waals surface area contributed by atoms with Gasteiger partial charge in [0.15, 0.2) is 0 Å². The van der Waals surface area contributed by atoms with Crippen LogP contribution in [0.3, 0.4) is 0 Å². The molecule has 0 radical (unpaired) electrons. The Kier molecular flexibility index (Phi) is 3.68. The molecule has 1 aromatic rings. The van der Waals surface area contributed by atoms with E-state index in [1.807, 2.05) is 33.3 Å². The first-order valence-electron chi connectivity index (χ1n) is 7.90. The van der Waals surface area contributed by atoms with Crippen molar-refractivity contribution in [2.75, 3.05) is 13.1 Å². The van der Waals surface area contributed by atoms with Crippen LogP contribution in [0.5, 0.6) is 0 Å². The quantitative estimate of drug-likeness (QED) is 0.856. The van der Waals surface area contributed by atoms with Crippen molar-refractivity contribution in [3.05, 3.63) is 18.2 Å². The molecule has 1 amide bonds. The van der Waals surface area contributed by atoms with Gasteiger partial charge in [0.05, 0.1) is 6.33 Å². The van der Waals surface area contributed by atoms with Crippen LogP contribution in [-0.2, 0) is 11.3 Å². The number of nitrogens with zero attached hydrogens (tertiary/aromatic N) is 3. The first kappa shape index (κ1) is 14.4. The number of aryl methyl sites for hydroxylation is 1. The maximum atomic E-state index is 11.9. The van der Waals surface area contributed by atoms with Crippen molar-refractivity contribution in [2.45, 2.75) is 58.1 Å². The van der Waals surface area contributed by atoms with E-state index in [-0.39, 0.29) is 6.09 Å². The molecular weight excluding hydrogens is 266 g/mol. The number of carbonyl (C=O) groups excluding carboxylic acids is 1. The van der Waals surface area contributed by atoms with Gasteiger partial charge in [-0.2, -0.15) is 0 Å². The van der Waals surface area contributed by atoms with Crippen LogP contribution in [0.4, 0.5) is 4.79 Å². The van der Waals surface area contributed by atoms with E-state index >= 15 is 0 Å². The second kappa shape index (κ2) is 5.35. The highest BCUT2D eigenvalue weighted by Crippen LogP contribution is 2.34. The van der Waals surface area contributed by atoms with Gasteiger partial charge in [0.2, 0.25) is 0 Å². The second-order valence-electron chi connectivity index (χ2n) is 7.33. The Labute approximate surface area is 126 Å². The van der Waals surface area contributed by atoms with E-state index in [0.717, 1.165) is 25.6 Å². The molecule has 2 heterocycles. The molecule has 1 aromatic heterocycles. The molecule has 0 bridgehead atoms. The van der Waals surface area contributed by atoms with Crippen LogP contribution in [0.2, 0.25) is 0 Å². The predicted octanol–water partition coefficient (Wildman–Crippen LogP) is 3.02. The van der Waals surface area contributed by atoms with Gasteiger partial charge in [-0.3, -0.25) is 0 Å². The Morgan fingerprint density at radius 2 is 2.10 bits per heavy atom. The number of likely N-dealkylation sites (tertiary alicyclic amines) is 1. The average Bonchev–Trinajstić information content (AvgIpc) is 3.03. The zero-order valence-corrected chi connectivity index (χ0v) is 13.2. The van der Waals surface area contributed by atoms with Crippen LogP contribution in [0, 0.1) is 5.92 Å². The number of carbonyl (C=O) groups is 1. The van der Waals surface area contributed by atoms with Gasteiger partial charge in [0, 0.05) is 37.4 Å². The molecule has 1 saturated carbocycles. The Bertz CT molecular complexity index is 508. The van der Waals surface area contributed by atoms with Crippen LogP contribution in [0.15, 0.2) is 12.5 Å². The average molecular weight is 291 g/mol. The van der Waals surface area contributed by atoms with Gasteiger partial charge in [-0.25, -0.2) is 9.78 Å². The van der Waals surface area contributed by atoms with Crippen molar-refractivity contribution in [1.29, 1.82) is 0 Å². The third kappa shape index (κ3) is 3.57. The molecular formula is C16H25N3O2. The molecule has 3 rings (SSSR count). The number of rotatable bonds is 4. The Hall–Kier alpha value is -1.52. The van der Waals surface area contributed by atoms with E-state index in [2.05, 4.69) is 9.55 Å². The van der Waals surface area contributed by atoms with Crippen LogP contribution in [-0.4, -0.2) is 39.2 Å². The largest absolute Gasteiger partial charge is 0.444 e. The van der Waals surface area contributed by atoms with Crippen LogP contribution in [0.25, 0.3) is 0 Å². The fourth-order valence-corrected chi connectivity index (χ4v) is 2.73. The van der Waals surface area contributed by atoms with Crippen LogP contribution in [0.1, 0.15) is 51.6 Å². The minimum atomic E-state index is -0.422. The van der Waals surface area contributed by atoms with E-state index in [0.29, 0.717) is 5.92 Å². The van der Waals surface area contributed by atoms with Gasteiger partial charge in [-0.05, 0) is 33.1 Å². The SMILES string of the molecule is CC(C)(C)OC(=O)N1CC(c2cncn2CCC2CC2)C1. The maximum Gasteiger partial charge on any atom is 0.410 e. The van der Waals surface area contributed by atoms with Gasteiger partial charge < -0.3 is 14.2 Å². The standard InChI is InChI=1S/C16H25N3O2/c1-16(2,3)21-15(20)19-9-13(10-19)14-8-17-11-18(14)7-6-12-4-5-12/h8,11-13H,4-7,9-10H2,1-3H3. The first-order chi connectivity index (χ1) is 9.92. The molecule has 2 aliphatic rings. The smallest absolute Gasteiger partial charge is 0.410 e. The summed E-state index contributed by atoms with van der Waals surface area (Å²) in [5.74, 6) is 1.33. The summed E-state index contributed by atoms with van der Waals surface area (Å²) in [6.45, 7) is 8.23. The lowest BCUT2D eigenvalue weighted by atomic mass is 9.97. The fourth-order valence-electron chi connectivity index (χ4n) is 2.73. The fraction of sp³-hybridized carbons (Fsp3) is 0.750. The van der Waals surface area contributed by atoms with E-state index in [4.69, 9.17) is 4.74 Å². The normalized spacial score (nSPS) is 19.5. The minimum Gasteiger partial charge on any atom is -0.444 e. The summed E-state index contributed by atoms with van der Waals surface area (Å²) in [4.78, 5) is 18.0. The highest BCUT2D eigenvalue weighted by atomic mass is 16.6. The topological polar surface area (TPSA) is 47.4 Å². The second-order valence-corrected chi connectivity index (χ2v) is 7.33. The summed E-state index contributed by atoms with van der Waals surface area (Å²) >= 11 is 0. The molecule has 5 nitrogen and oxygen atoms in total. The van der Waals surface area contributed by atoms with Crippen molar-refractivity contribution >= 4 is 6.09 Å². The Morgan fingerprint density at radius 3 is 2.71 bits per heavy atom. The van der Waals surface area contributed by atoms with Gasteiger partial charge in [0.25, 0.3) is 0 Å². The molecule has 1 aliphatic heterocycles. The van der Waals surface area contributed by atoms with E-state index in [1.165, 1.54) is 25.0 Å². The molecule has 0 aromatic carbocycles. The lowest BCUT2D eigenvalue weighted by Gasteiger charge is -2.40. The first-order valence-corrected chi connectivity index (χ1v) is 7.90. The van der Waals surface area contributed by atoms with E-state index in [1.54, 1.807) is 4.90 Å². The summed E-state index contributed by atoms with van der Waals surface area (Å²) in [6.07, 6.45) is 7.70. The molecule has 21 heavy (non-hydrogen) atoms. The summed E-state index contributed by atoms with van der Waals surface area (Å²) < 4.78 is 7.65. The maximum absolute atomic E-state index is 11.9.